The zero-order valence-electron chi connectivity index (χ0n) is 8.90. The second kappa shape index (κ2) is 3.98. The Morgan fingerprint density at radius 1 is 1.50 bits per heavy atom. The lowest BCUT2D eigenvalue weighted by atomic mass is 10.0. The number of carboxylic acids is 1. The fraction of sp³-hybridized carbons (Fsp3) is 0.250. The van der Waals surface area contributed by atoms with Crippen molar-refractivity contribution < 1.29 is 15.0 Å². The molecule has 1 aromatic carbocycles. The van der Waals surface area contributed by atoms with E-state index < -0.39 is 12.1 Å². The molecule has 1 unspecified atom stereocenters. The van der Waals surface area contributed by atoms with Gasteiger partial charge in [-0.2, -0.15) is 0 Å². The molecule has 0 spiro atoms. The number of aryl methyl sites for hydroxylation is 1. The standard InChI is InChI=1S/C12H13NO3/c1-7-3-2-4-9-12(7)8(6-13-9)10(14)5-11(15)16/h2-4,6,10,13-14H,5H2,1H3,(H,15,16). The molecular formula is C12H13NO3. The first-order valence-corrected chi connectivity index (χ1v) is 5.06. The van der Waals surface area contributed by atoms with Crippen LogP contribution in [0.15, 0.2) is 24.4 Å². The van der Waals surface area contributed by atoms with Crippen LogP contribution >= 0.6 is 0 Å². The summed E-state index contributed by atoms with van der Waals surface area (Å²) in [7, 11) is 0. The normalized spacial score (nSPS) is 12.9. The quantitative estimate of drug-likeness (QED) is 0.739. The maximum Gasteiger partial charge on any atom is 0.306 e. The SMILES string of the molecule is Cc1cccc2[nH]cc(C(O)CC(=O)O)c12. The number of hydrogen-bond donors (Lipinski definition) is 3. The Hall–Kier alpha value is -1.81. The molecule has 4 heteroatoms. The maximum atomic E-state index is 10.6. The number of H-pyrrole nitrogens is 1. The van der Waals surface area contributed by atoms with Crippen LogP contribution in [0.5, 0.6) is 0 Å². The van der Waals surface area contributed by atoms with E-state index in [1.807, 2.05) is 25.1 Å². The Morgan fingerprint density at radius 2 is 2.25 bits per heavy atom. The van der Waals surface area contributed by atoms with Gasteiger partial charge in [-0.15, -0.1) is 0 Å². The summed E-state index contributed by atoms with van der Waals surface area (Å²) in [6.45, 7) is 1.94. The van der Waals surface area contributed by atoms with Gasteiger partial charge in [0.15, 0.2) is 0 Å². The van der Waals surface area contributed by atoms with Gasteiger partial charge in [-0.1, -0.05) is 12.1 Å². The summed E-state index contributed by atoms with van der Waals surface area (Å²) in [5.74, 6) is -1.00. The number of hydrogen-bond acceptors (Lipinski definition) is 2. The van der Waals surface area contributed by atoms with Crippen LogP contribution in [0.2, 0.25) is 0 Å². The monoisotopic (exact) mass is 219 g/mol. The van der Waals surface area contributed by atoms with Crippen molar-refractivity contribution in [3.63, 3.8) is 0 Å². The molecule has 0 aliphatic heterocycles. The van der Waals surface area contributed by atoms with Gasteiger partial charge in [0.1, 0.15) is 0 Å². The molecule has 84 valence electrons. The van der Waals surface area contributed by atoms with Crippen molar-refractivity contribution in [3.05, 3.63) is 35.5 Å². The highest BCUT2D eigenvalue weighted by atomic mass is 16.4. The lowest BCUT2D eigenvalue weighted by Crippen LogP contribution is -2.05. The number of benzene rings is 1. The molecule has 2 aromatic rings. The Balaban J connectivity index is 2.48. The topological polar surface area (TPSA) is 73.3 Å². The van der Waals surface area contributed by atoms with Gasteiger partial charge in [0.25, 0.3) is 0 Å². The van der Waals surface area contributed by atoms with Crippen molar-refractivity contribution in [1.29, 1.82) is 0 Å². The summed E-state index contributed by atoms with van der Waals surface area (Å²) < 4.78 is 0. The smallest absolute Gasteiger partial charge is 0.306 e. The van der Waals surface area contributed by atoms with Gasteiger partial charge < -0.3 is 15.2 Å². The summed E-state index contributed by atoms with van der Waals surface area (Å²) >= 11 is 0. The van der Waals surface area contributed by atoms with Crippen LogP contribution < -0.4 is 0 Å². The first-order valence-electron chi connectivity index (χ1n) is 5.06. The first-order chi connectivity index (χ1) is 7.59. The molecule has 4 nitrogen and oxygen atoms in total. The fourth-order valence-electron chi connectivity index (χ4n) is 1.94. The minimum absolute atomic E-state index is 0.277. The van der Waals surface area contributed by atoms with Crippen LogP contribution in [0, 0.1) is 6.92 Å². The second-order valence-corrected chi connectivity index (χ2v) is 3.86. The van der Waals surface area contributed by atoms with Crippen molar-refractivity contribution in [2.45, 2.75) is 19.4 Å². The van der Waals surface area contributed by atoms with E-state index in [0.717, 1.165) is 16.5 Å². The van der Waals surface area contributed by atoms with E-state index in [0.29, 0.717) is 5.56 Å². The molecule has 0 saturated carbocycles. The number of rotatable bonds is 3. The van der Waals surface area contributed by atoms with E-state index in [1.165, 1.54) is 0 Å². The zero-order valence-corrected chi connectivity index (χ0v) is 8.90. The lowest BCUT2D eigenvalue weighted by molar-refractivity contribution is -0.139. The number of carboxylic acid groups (broad SMARTS) is 1. The van der Waals surface area contributed by atoms with Gasteiger partial charge in [0.2, 0.25) is 0 Å². The molecule has 0 aliphatic carbocycles. The molecule has 0 amide bonds. The number of aliphatic hydroxyl groups is 1. The molecule has 0 radical (unpaired) electrons. The van der Waals surface area contributed by atoms with E-state index >= 15 is 0 Å². The van der Waals surface area contributed by atoms with Gasteiger partial charge in [-0.25, -0.2) is 0 Å². The minimum Gasteiger partial charge on any atom is -0.481 e. The van der Waals surface area contributed by atoms with Crippen molar-refractivity contribution in [2.24, 2.45) is 0 Å². The van der Waals surface area contributed by atoms with Gasteiger partial charge in [-0.3, -0.25) is 4.79 Å². The summed E-state index contributed by atoms with van der Waals surface area (Å²) in [4.78, 5) is 13.6. The van der Waals surface area contributed by atoms with E-state index in [9.17, 15) is 9.90 Å². The van der Waals surface area contributed by atoms with E-state index in [-0.39, 0.29) is 6.42 Å². The predicted molar refractivity (Wildman–Crippen MR) is 60.2 cm³/mol. The molecule has 16 heavy (non-hydrogen) atoms. The molecule has 1 aromatic heterocycles. The van der Waals surface area contributed by atoms with Crippen molar-refractivity contribution in [3.8, 4) is 0 Å². The van der Waals surface area contributed by atoms with Crippen LogP contribution in [-0.4, -0.2) is 21.2 Å². The van der Waals surface area contributed by atoms with E-state index in [2.05, 4.69) is 4.98 Å². The van der Waals surface area contributed by atoms with E-state index in [4.69, 9.17) is 5.11 Å². The van der Waals surface area contributed by atoms with Crippen LogP contribution in [-0.2, 0) is 4.79 Å². The third kappa shape index (κ3) is 1.79. The zero-order chi connectivity index (χ0) is 11.7. The highest BCUT2D eigenvalue weighted by Crippen LogP contribution is 2.28. The molecule has 0 aliphatic rings. The molecule has 3 N–H and O–H groups in total. The van der Waals surface area contributed by atoms with E-state index in [1.54, 1.807) is 6.20 Å². The number of carbonyl (C=O) groups is 1. The van der Waals surface area contributed by atoms with Crippen LogP contribution in [0.4, 0.5) is 0 Å². The largest absolute Gasteiger partial charge is 0.481 e. The molecule has 0 fully saturated rings. The highest BCUT2D eigenvalue weighted by Gasteiger charge is 2.16. The Labute approximate surface area is 92.5 Å². The second-order valence-electron chi connectivity index (χ2n) is 3.86. The molecule has 2 rings (SSSR count). The maximum absolute atomic E-state index is 10.6. The number of aliphatic carboxylic acids is 1. The molecule has 1 atom stereocenters. The Kier molecular flexibility index (Phi) is 2.66. The number of aliphatic hydroxyl groups excluding tert-OH is 1. The van der Waals surface area contributed by atoms with Crippen LogP contribution in [0.3, 0.4) is 0 Å². The predicted octanol–water partition coefficient (Wildman–Crippen LogP) is 1.98. The number of aromatic nitrogens is 1. The Bertz CT molecular complexity index is 530. The van der Waals surface area contributed by atoms with Gasteiger partial charge in [-0.05, 0) is 18.6 Å². The molecular weight excluding hydrogens is 206 g/mol. The third-order valence-electron chi connectivity index (χ3n) is 2.67. The average molecular weight is 219 g/mol. The van der Waals surface area contributed by atoms with Crippen LogP contribution in [0.25, 0.3) is 10.9 Å². The minimum atomic E-state index is -1.00. The summed E-state index contributed by atoms with van der Waals surface area (Å²) in [5, 5.41) is 19.4. The highest BCUT2D eigenvalue weighted by molar-refractivity contribution is 5.87. The van der Waals surface area contributed by atoms with Gasteiger partial charge >= 0.3 is 5.97 Å². The Morgan fingerprint density at radius 3 is 2.94 bits per heavy atom. The van der Waals surface area contributed by atoms with Gasteiger partial charge in [0, 0.05) is 22.7 Å². The molecule has 0 bridgehead atoms. The van der Waals surface area contributed by atoms with Crippen LogP contribution in [0.1, 0.15) is 23.7 Å². The summed E-state index contributed by atoms with van der Waals surface area (Å²) in [6.07, 6.45) is 0.430. The first kappa shape index (κ1) is 10.7. The van der Waals surface area contributed by atoms with Crippen molar-refractivity contribution in [1.82, 2.24) is 4.98 Å². The average Bonchev–Trinajstić information content (AvgIpc) is 2.61. The number of fused-ring (bicyclic) bond motifs is 1. The fourth-order valence-corrected chi connectivity index (χ4v) is 1.94. The van der Waals surface area contributed by atoms with Crippen molar-refractivity contribution in [2.75, 3.05) is 0 Å². The summed E-state index contributed by atoms with van der Waals surface area (Å²) in [5.41, 5.74) is 2.59. The summed E-state index contributed by atoms with van der Waals surface area (Å²) in [6, 6.07) is 5.76. The number of nitrogens with one attached hydrogen (secondary N) is 1. The molecule has 0 saturated heterocycles. The van der Waals surface area contributed by atoms with Gasteiger partial charge in [0.05, 0.1) is 12.5 Å². The molecule has 1 heterocycles. The lowest BCUT2D eigenvalue weighted by Gasteiger charge is -2.07. The number of aromatic amines is 1. The third-order valence-corrected chi connectivity index (χ3v) is 2.67. The van der Waals surface area contributed by atoms with Crippen molar-refractivity contribution >= 4 is 16.9 Å².